The summed E-state index contributed by atoms with van der Waals surface area (Å²) < 4.78 is 0. The van der Waals surface area contributed by atoms with Crippen molar-refractivity contribution in [2.45, 2.75) is 0 Å². The summed E-state index contributed by atoms with van der Waals surface area (Å²) >= 11 is 6.16. The van der Waals surface area contributed by atoms with Gasteiger partial charge in [0.15, 0.2) is 5.11 Å². The number of hydrazine groups is 1. The zero-order chi connectivity index (χ0) is 18.2. The van der Waals surface area contributed by atoms with Crippen molar-refractivity contribution in [1.82, 2.24) is 16.2 Å². The highest BCUT2D eigenvalue weighted by atomic mass is 32.1. The maximum atomic E-state index is 11.7. The van der Waals surface area contributed by atoms with E-state index in [1.165, 1.54) is 47.8 Å². The van der Waals surface area contributed by atoms with Crippen LogP contribution in [-0.2, 0) is 4.79 Å². The van der Waals surface area contributed by atoms with Gasteiger partial charge < -0.3 is 0 Å². The summed E-state index contributed by atoms with van der Waals surface area (Å²) in [5, 5.41) is 14.6. The number of nitrogens with one attached hydrogen (secondary N) is 3. The predicted molar refractivity (Wildman–Crippen MR) is 97.8 cm³/mol. The first kappa shape index (κ1) is 18.2. The number of nitro benzene ring substituents is 1. The molecule has 2 rings (SSSR count). The van der Waals surface area contributed by atoms with Gasteiger partial charge in [0.25, 0.3) is 11.6 Å². The first-order chi connectivity index (χ1) is 12.0. The van der Waals surface area contributed by atoms with Gasteiger partial charge in [0.1, 0.15) is 0 Å². The molecule has 0 fully saturated rings. The highest BCUT2D eigenvalue weighted by molar-refractivity contribution is 7.80. The summed E-state index contributed by atoms with van der Waals surface area (Å²) in [5.74, 6) is -0.880. The van der Waals surface area contributed by atoms with E-state index in [-0.39, 0.29) is 16.7 Å². The molecule has 0 spiro atoms. The standard InChI is InChI=1S/C15H12N4O4S2/c20-13(8-5-10-3-6-11(7-4-10)19(22)23)16-15(24)18-17-14(21)12-2-1-9-25-12/h1-9H,(H,17,21)(H2,16,18,20,24). The second-order valence-corrected chi connectivity index (χ2v) is 5.91. The number of nitro groups is 1. The number of thiophene rings is 1. The van der Waals surface area contributed by atoms with Crippen LogP contribution in [0.5, 0.6) is 0 Å². The Morgan fingerprint density at radius 1 is 1.16 bits per heavy atom. The molecule has 0 unspecified atom stereocenters. The number of carbonyl (C=O) groups is 2. The molecule has 0 aliphatic carbocycles. The topological polar surface area (TPSA) is 113 Å². The van der Waals surface area contributed by atoms with Gasteiger partial charge in [-0.3, -0.25) is 35.9 Å². The summed E-state index contributed by atoms with van der Waals surface area (Å²) in [7, 11) is 0. The lowest BCUT2D eigenvalue weighted by molar-refractivity contribution is -0.384. The molecule has 1 heterocycles. The van der Waals surface area contributed by atoms with Crippen LogP contribution in [0.4, 0.5) is 5.69 Å². The molecule has 0 aliphatic heterocycles. The Bertz CT molecular complexity index is 817. The monoisotopic (exact) mass is 376 g/mol. The molecule has 8 nitrogen and oxygen atoms in total. The van der Waals surface area contributed by atoms with Gasteiger partial charge >= 0.3 is 0 Å². The van der Waals surface area contributed by atoms with Gasteiger partial charge in [-0.25, -0.2) is 0 Å². The fraction of sp³-hybridized carbons (Fsp3) is 0. The molecule has 0 atom stereocenters. The van der Waals surface area contributed by atoms with Crippen molar-refractivity contribution < 1.29 is 14.5 Å². The van der Waals surface area contributed by atoms with Gasteiger partial charge in [0.05, 0.1) is 9.80 Å². The number of hydrogen-bond acceptors (Lipinski definition) is 6. The van der Waals surface area contributed by atoms with Crippen molar-refractivity contribution in [1.29, 1.82) is 0 Å². The zero-order valence-corrected chi connectivity index (χ0v) is 14.2. The van der Waals surface area contributed by atoms with Crippen LogP contribution in [0.15, 0.2) is 47.9 Å². The molecule has 1 aromatic carbocycles. The summed E-state index contributed by atoms with van der Waals surface area (Å²) in [6, 6.07) is 9.09. The average Bonchev–Trinajstić information content (AvgIpc) is 3.13. The van der Waals surface area contributed by atoms with E-state index in [9.17, 15) is 19.7 Å². The number of rotatable bonds is 4. The van der Waals surface area contributed by atoms with Crippen LogP contribution in [0.1, 0.15) is 15.2 Å². The number of benzene rings is 1. The Kier molecular flexibility index (Phi) is 6.32. The first-order valence-corrected chi connectivity index (χ1v) is 8.12. The van der Waals surface area contributed by atoms with Gasteiger partial charge in [0, 0.05) is 18.2 Å². The third kappa shape index (κ3) is 5.79. The largest absolute Gasteiger partial charge is 0.298 e. The molecular formula is C15H12N4O4S2. The maximum absolute atomic E-state index is 11.7. The van der Waals surface area contributed by atoms with Crippen molar-refractivity contribution in [2.24, 2.45) is 0 Å². The molecule has 0 aliphatic rings. The van der Waals surface area contributed by atoms with Gasteiger partial charge in [-0.05, 0) is 47.4 Å². The molecule has 2 aromatic rings. The number of carbonyl (C=O) groups excluding carboxylic acids is 2. The molecule has 0 saturated heterocycles. The first-order valence-electron chi connectivity index (χ1n) is 6.83. The Balaban J connectivity index is 1.79. The highest BCUT2D eigenvalue weighted by Gasteiger charge is 2.07. The van der Waals surface area contributed by atoms with E-state index in [0.717, 1.165) is 0 Å². The van der Waals surface area contributed by atoms with E-state index < -0.39 is 10.8 Å². The van der Waals surface area contributed by atoms with E-state index in [0.29, 0.717) is 10.4 Å². The minimum atomic E-state index is -0.513. The summed E-state index contributed by atoms with van der Waals surface area (Å²) in [5.41, 5.74) is 5.36. The SMILES string of the molecule is O=C(C=Cc1ccc([N+](=O)[O-])cc1)NC(=S)NNC(=O)c1cccs1. The predicted octanol–water partition coefficient (Wildman–Crippen LogP) is 2.01. The normalized spacial score (nSPS) is 10.2. The van der Waals surface area contributed by atoms with E-state index in [4.69, 9.17) is 12.2 Å². The van der Waals surface area contributed by atoms with E-state index in [1.807, 2.05) is 0 Å². The molecular weight excluding hydrogens is 364 g/mol. The van der Waals surface area contributed by atoms with Crippen molar-refractivity contribution in [3.63, 3.8) is 0 Å². The zero-order valence-electron chi connectivity index (χ0n) is 12.6. The molecule has 128 valence electrons. The minimum Gasteiger partial charge on any atom is -0.298 e. The maximum Gasteiger partial charge on any atom is 0.279 e. The third-order valence-electron chi connectivity index (χ3n) is 2.80. The summed E-state index contributed by atoms with van der Waals surface area (Å²) in [4.78, 5) is 34.0. The molecule has 10 heteroatoms. The Labute approximate surface area is 151 Å². The van der Waals surface area contributed by atoms with E-state index in [1.54, 1.807) is 17.5 Å². The lowest BCUT2D eigenvalue weighted by atomic mass is 10.2. The van der Waals surface area contributed by atoms with Crippen LogP contribution < -0.4 is 16.2 Å². The Hall–Kier alpha value is -3.11. The van der Waals surface area contributed by atoms with Gasteiger partial charge in [-0.2, -0.15) is 0 Å². The quantitative estimate of drug-likeness (QED) is 0.326. The lowest BCUT2D eigenvalue weighted by Gasteiger charge is -2.08. The van der Waals surface area contributed by atoms with Crippen molar-refractivity contribution in [3.8, 4) is 0 Å². The number of amides is 2. The Morgan fingerprint density at radius 2 is 1.88 bits per heavy atom. The van der Waals surface area contributed by atoms with Crippen molar-refractivity contribution >= 4 is 52.2 Å². The van der Waals surface area contributed by atoms with Crippen LogP contribution in [0.25, 0.3) is 6.08 Å². The second-order valence-electron chi connectivity index (χ2n) is 4.56. The van der Waals surface area contributed by atoms with Gasteiger partial charge in [-0.15, -0.1) is 11.3 Å². The molecule has 1 aromatic heterocycles. The van der Waals surface area contributed by atoms with Crippen LogP contribution in [0.3, 0.4) is 0 Å². The summed E-state index contributed by atoms with van der Waals surface area (Å²) in [6.45, 7) is 0. The number of hydrogen-bond donors (Lipinski definition) is 3. The van der Waals surface area contributed by atoms with Crippen molar-refractivity contribution in [3.05, 3.63) is 68.4 Å². The van der Waals surface area contributed by atoms with Crippen LogP contribution >= 0.6 is 23.6 Å². The molecule has 3 N–H and O–H groups in total. The van der Waals surface area contributed by atoms with E-state index in [2.05, 4.69) is 16.2 Å². The molecule has 0 saturated carbocycles. The highest BCUT2D eigenvalue weighted by Crippen LogP contribution is 2.12. The van der Waals surface area contributed by atoms with Gasteiger partial charge in [0.2, 0.25) is 5.91 Å². The third-order valence-corrected chi connectivity index (χ3v) is 3.88. The number of non-ortho nitro benzene ring substituents is 1. The molecule has 0 bridgehead atoms. The lowest BCUT2D eigenvalue weighted by Crippen LogP contribution is -2.48. The number of thiocarbonyl (C=S) groups is 1. The van der Waals surface area contributed by atoms with Crippen molar-refractivity contribution in [2.75, 3.05) is 0 Å². The molecule has 25 heavy (non-hydrogen) atoms. The van der Waals surface area contributed by atoms with Gasteiger partial charge in [-0.1, -0.05) is 6.07 Å². The fourth-order valence-corrected chi connectivity index (χ4v) is 2.42. The second kappa shape index (κ2) is 8.66. The Morgan fingerprint density at radius 3 is 2.48 bits per heavy atom. The van der Waals surface area contributed by atoms with Crippen LogP contribution in [0.2, 0.25) is 0 Å². The summed E-state index contributed by atoms with van der Waals surface area (Å²) in [6.07, 6.45) is 2.70. The average molecular weight is 376 g/mol. The minimum absolute atomic E-state index is 0.0338. The fourth-order valence-electron chi connectivity index (χ4n) is 1.65. The molecule has 2 amide bonds. The van der Waals surface area contributed by atoms with Crippen LogP contribution in [-0.4, -0.2) is 21.9 Å². The smallest absolute Gasteiger partial charge is 0.279 e. The number of nitrogens with zero attached hydrogens (tertiary/aromatic N) is 1. The van der Waals surface area contributed by atoms with E-state index >= 15 is 0 Å². The van der Waals surface area contributed by atoms with Crippen LogP contribution in [0, 0.1) is 10.1 Å². The molecule has 0 radical (unpaired) electrons.